The van der Waals surface area contributed by atoms with Gasteiger partial charge in [-0.3, -0.25) is 0 Å². The second-order valence-corrected chi connectivity index (χ2v) is 4.99. The molecule has 0 aliphatic heterocycles. The third-order valence-corrected chi connectivity index (χ3v) is 3.37. The summed E-state index contributed by atoms with van der Waals surface area (Å²) in [4.78, 5) is 0. The Hall–Kier alpha value is 0. The predicted octanol–water partition coefficient (Wildman–Crippen LogP) is 5.13. The lowest BCUT2D eigenvalue weighted by molar-refractivity contribution is 0.147. The highest BCUT2D eigenvalue weighted by Crippen LogP contribution is 2.36. The zero-order valence-corrected chi connectivity index (χ0v) is 11.1. The molecule has 0 amide bonds. The van der Waals surface area contributed by atoms with Gasteiger partial charge in [0, 0.05) is 0 Å². The van der Waals surface area contributed by atoms with Crippen molar-refractivity contribution in [1.82, 2.24) is 0 Å². The molecular formula is C13H30. The largest absolute Gasteiger partial charge is 0.0656 e. The van der Waals surface area contributed by atoms with Crippen LogP contribution in [0.1, 0.15) is 68.2 Å². The fourth-order valence-corrected chi connectivity index (χ4v) is 1.10. The lowest BCUT2D eigenvalue weighted by Gasteiger charge is -2.35. The molecule has 0 aromatic rings. The summed E-state index contributed by atoms with van der Waals surface area (Å²) in [5.41, 5.74) is 0.509. The van der Waals surface area contributed by atoms with Gasteiger partial charge >= 0.3 is 0 Å². The lowest BCUT2D eigenvalue weighted by atomic mass is 9.71. The lowest BCUT2D eigenvalue weighted by Crippen LogP contribution is -2.27. The first-order valence-electron chi connectivity index (χ1n) is 5.84. The monoisotopic (exact) mass is 186 g/mol. The van der Waals surface area contributed by atoms with E-state index in [0.717, 1.165) is 11.8 Å². The molecule has 0 heterocycles. The Kier molecular flexibility index (Phi) is 8.82. The fourth-order valence-electron chi connectivity index (χ4n) is 1.10. The Morgan fingerprint density at radius 2 is 1.23 bits per heavy atom. The van der Waals surface area contributed by atoms with Crippen LogP contribution in [0.2, 0.25) is 0 Å². The van der Waals surface area contributed by atoms with Gasteiger partial charge in [-0.25, -0.2) is 0 Å². The Morgan fingerprint density at radius 1 is 0.923 bits per heavy atom. The molecule has 0 aromatic heterocycles. The van der Waals surface area contributed by atoms with E-state index in [1.165, 1.54) is 12.8 Å². The van der Waals surface area contributed by atoms with E-state index in [9.17, 15) is 0 Å². The van der Waals surface area contributed by atoms with Crippen molar-refractivity contribution in [1.29, 1.82) is 0 Å². The van der Waals surface area contributed by atoms with Gasteiger partial charge in [0.25, 0.3) is 0 Å². The summed E-state index contributed by atoms with van der Waals surface area (Å²) < 4.78 is 0. The molecule has 13 heavy (non-hydrogen) atoms. The normalized spacial score (nSPS) is 13.6. The summed E-state index contributed by atoms with van der Waals surface area (Å²) in [6.07, 6.45) is 2.55. The van der Waals surface area contributed by atoms with Crippen molar-refractivity contribution in [3.8, 4) is 0 Å². The van der Waals surface area contributed by atoms with Gasteiger partial charge in [-0.15, -0.1) is 0 Å². The summed E-state index contributed by atoms with van der Waals surface area (Å²) in [5, 5.41) is 0. The maximum Gasteiger partial charge on any atom is -0.0306 e. The quantitative estimate of drug-likeness (QED) is 0.573. The first-order chi connectivity index (χ1) is 5.84. The molecule has 82 valence electrons. The van der Waals surface area contributed by atoms with Crippen LogP contribution in [0.4, 0.5) is 0 Å². The second kappa shape index (κ2) is 7.41. The van der Waals surface area contributed by atoms with Crippen molar-refractivity contribution < 1.29 is 0 Å². The number of hydrogen-bond donors (Lipinski definition) is 0. The van der Waals surface area contributed by atoms with Gasteiger partial charge in [-0.2, -0.15) is 0 Å². The van der Waals surface area contributed by atoms with E-state index < -0.39 is 0 Å². The van der Waals surface area contributed by atoms with Gasteiger partial charge < -0.3 is 0 Å². The van der Waals surface area contributed by atoms with Crippen LogP contribution >= 0.6 is 0 Å². The van der Waals surface area contributed by atoms with Crippen LogP contribution in [0.5, 0.6) is 0 Å². The molecule has 0 saturated heterocycles. The zero-order chi connectivity index (χ0) is 11.1. The summed E-state index contributed by atoms with van der Waals surface area (Å²) >= 11 is 0. The van der Waals surface area contributed by atoms with E-state index >= 15 is 0 Å². The summed E-state index contributed by atoms with van der Waals surface area (Å²) in [5.74, 6) is 1.63. The average molecular weight is 186 g/mol. The smallest absolute Gasteiger partial charge is 0.0306 e. The maximum atomic E-state index is 2.37. The fraction of sp³-hybridized carbons (Fsp3) is 1.00. The maximum absolute atomic E-state index is 2.37. The molecule has 0 aliphatic rings. The molecular weight excluding hydrogens is 156 g/mol. The van der Waals surface area contributed by atoms with Gasteiger partial charge in [0.2, 0.25) is 0 Å². The molecule has 0 heteroatoms. The van der Waals surface area contributed by atoms with Crippen LogP contribution in [0.3, 0.4) is 0 Å². The third kappa shape index (κ3) is 6.12. The number of rotatable bonds is 3. The van der Waals surface area contributed by atoms with E-state index in [2.05, 4.69) is 55.4 Å². The first-order valence-corrected chi connectivity index (χ1v) is 5.84. The minimum atomic E-state index is 0.509. The van der Waals surface area contributed by atoms with Crippen molar-refractivity contribution in [2.24, 2.45) is 17.3 Å². The Bertz CT molecular complexity index is 101. The molecule has 0 saturated carbocycles. The van der Waals surface area contributed by atoms with Crippen LogP contribution < -0.4 is 0 Å². The SMILES string of the molecule is CCC.CCC(C)C(C)(C)C(C)C. The Morgan fingerprint density at radius 3 is 1.31 bits per heavy atom. The highest BCUT2D eigenvalue weighted by Gasteiger charge is 2.27. The molecule has 0 spiro atoms. The van der Waals surface area contributed by atoms with E-state index in [4.69, 9.17) is 0 Å². The molecule has 1 atom stereocenters. The summed E-state index contributed by atoms with van der Waals surface area (Å²) in [6.45, 7) is 18.2. The Balaban J connectivity index is 0. The van der Waals surface area contributed by atoms with Crippen LogP contribution in [0.25, 0.3) is 0 Å². The molecule has 0 radical (unpaired) electrons. The first kappa shape index (κ1) is 15.5. The molecule has 0 aromatic carbocycles. The van der Waals surface area contributed by atoms with Crippen LogP contribution in [-0.2, 0) is 0 Å². The molecule has 0 nitrogen and oxygen atoms in total. The summed E-state index contributed by atoms with van der Waals surface area (Å²) in [6, 6.07) is 0. The number of hydrogen-bond acceptors (Lipinski definition) is 0. The van der Waals surface area contributed by atoms with Crippen LogP contribution in [0, 0.1) is 17.3 Å². The van der Waals surface area contributed by atoms with Crippen molar-refractivity contribution in [2.45, 2.75) is 68.2 Å². The Labute approximate surface area is 86.1 Å². The van der Waals surface area contributed by atoms with Gasteiger partial charge in [-0.1, -0.05) is 68.2 Å². The third-order valence-electron chi connectivity index (χ3n) is 3.37. The van der Waals surface area contributed by atoms with E-state index in [1.54, 1.807) is 0 Å². The minimum Gasteiger partial charge on any atom is -0.0656 e. The highest BCUT2D eigenvalue weighted by atomic mass is 14.3. The molecule has 0 fully saturated rings. The molecule has 0 rings (SSSR count). The zero-order valence-electron chi connectivity index (χ0n) is 11.1. The van der Waals surface area contributed by atoms with Crippen LogP contribution in [0.15, 0.2) is 0 Å². The molecule has 0 bridgehead atoms. The molecule has 1 unspecified atom stereocenters. The van der Waals surface area contributed by atoms with E-state index in [0.29, 0.717) is 5.41 Å². The van der Waals surface area contributed by atoms with Crippen molar-refractivity contribution in [3.05, 3.63) is 0 Å². The van der Waals surface area contributed by atoms with Crippen molar-refractivity contribution in [2.75, 3.05) is 0 Å². The van der Waals surface area contributed by atoms with Gasteiger partial charge in [0.15, 0.2) is 0 Å². The van der Waals surface area contributed by atoms with Crippen molar-refractivity contribution in [3.63, 3.8) is 0 Å². The topological polar surface area (TPSA) is 0 Å². The molecule has 0 N–H and O–H groups in total. The van der Waals surface area contributed by atoms with Gasteiger partial charge in [0.1, 0.15) is 0 Å². The standard InChI is InChI=1S/C10H22.C3H8/c1-7-9(4)10(5,6)8(2)3;1-3-2/h8-9H,7H2,1-6H3;3H2,1-2H3. The van der Waals surface area contributed by atoms with E-state index in [-0.39, 0.29) is 0 Å². The highest BCUT2D eigenvalue weighted by molar-refractivity contribution is 4.77. The van der Waals surface area contributed by atoms with Crippen molar-refractivity contribution >= 4 is 0 Å². The van der Waals surface area contributed by atoms with Gasteiger partial charge in [0.05, 0.1) is 0 Å². The minimum absolute atomic E-state index is 0.509. The van der Waals surface area contributed by atoms with E-state index in [1.807, 2.05) is 0 Å². The summed E-state index contributed by atoms with van der Waals surface area (Å²) in [7, 11) is 0. The predicted molar refractivity (Wildman–Crippen MR) is 64.0 cm³/mol. The van der Waals surface area contributed by atoms with Crippen LogP contribution in [-0.4, -0.2) is 0 Å². The second-order valence-electron chi connectivity index (χ2n) is 4.99. The van der Waals surface area contributed by atoms with Gasteiger partial charge in [-0.05, 0) is 17.3 Å². The average Bonchev–Trinajstić information content (AvgIpc) is 2.04. The molecule has 0 aliphatic carbocycles.